The molecule has 0 amide bonds. The topological polar surface area (TPSA) is 47.6 Å². The minimum atomic E-state index is -0.190. The van der Waals surface area contributed by atoms with E-state index in [1.54, 1.807) is 11.8 Å². The van der Waals surface area contributed by atoms with E-state index in [4.69, 9.17) is 15.5 Å². The van der Waals surface area contributed by atoms with Crippen molar-refractivity contribution in [3.05, 3.63) is 28.2 Å². The second kappa shape index (κ2) is 5.60. The predicted octanol–water partition coefficient (Wildman–Crippen LogP) is 4.05. The van der Waals surface area contributed by atoms with Crippen molar-refractivity contribution >= 4 is 32.9 Å². The molecule has 0 aromatic heterocycles. The Morgan fingerprint density at radius 2 is 2.40 bits per heavy atom. The summed E-state index contributed by atoms with van der Waals surface area (Å²) in [5.41, 5.74) is 6.93. The fourth-order valence-electron chi connectivity index (χ4n) is 2.98. The van der Waals surface area contributed by atoms with Crippen molar-refractivity contribution in [3.8, 4) is 5.75 Å². The summed E-state index contributed by atoms with van der Waals surface area (Å²) in [6, 6.07) is 6.21. The van der Waals surface area contributed by atoms with E-state index in [1.807, 2.05) is 12.1 Å². The van der Waals surface area contributed by atoms with Crippen LogP contribution in [0.25, 0.3) is 0 Å². The second-order valence-electron chi connectivity index (χ2n) is 5.50. The van der Waals surface area contributed by atoms with Gasteiger partial charge in [0.15, 0.2) is 5.17 Å². The monoisotopic (exact) mass is 354 g/mol. The highest BCUT2D eigenvalue weighted by molar-refractivity contribution is 9.10. The van der Waals surface area contributed by atoms with Crippen molar-refractivity contribution in [2.24, 2.45) is 10.7 Å². The van der Waals surface area contributed by atoms with Crippen molar-refractivity contribution in [2.75, 3.05) is 5.75 Å². The molecule has 2 aliphatic rings. The molecule has 1 unspecified atom stereocenters. The molecule has 0 radical (unpaired) electrons. The van der Waals surface area contributed by atoms with Crippen molar-refractivity contribution in [2.45, 2.75) is 44.2 Å². The number of unbranched alkanes of at least 4 members (excludes halogenated alkanes) is 1. The van der Waals surface area contributed by atoms with Crippen LogP contribution in [0, 0.1) is 0 Å². The SMILES string of the molecule is CCCC[C@H]1CC2(CSC(N)=N2)c2cc(Br)ccc2O1. The Morgan fingerprint density at radius 1 is 1.55 bits per heavy atom. The molecule has 2 aliphatic heterocycles. The summed E-state index contributed by atoms with van der Waals surface area (Å²) in [5, 5.41) is 0.701. The number of hydrogen-bond donors (Lipinski definition) is 1. The van der Waals surface area contributed by atoms with Gasteiger partial charge in [-0.15, -0.1) is 0 Å². The number of amidine groups is 1. The molecule has 1 aromatic carbocycles. The van der Waals surface area contributed by atoms with Crippen LogP contribution in [0.1, 0.15) is 38.2 Å². The normalized spacial score (nSPS) is 28.1. The lowest BCUT2D eigenvalue weighted by Gasteiger charge is -2.37. The number of fused-ring (bicyclic) bond motifs is 2. The zero-order valence-electron chi connectivity index (χ0n) is 11.6. The predicted molar refractivity (Wildman–Crippen MR) is 88.5 cm³/mol. The van der Waals surface area contributed by atoms with E-state index >= 15 is 0 Å². The van der Waals surface area contributed by atoms with Gasteiger partial charge in [0.1, 0.15) is 17.4 Å². The van der Waals surface area contributed by atoms with E-state index < -0.39 is 0 Å². The number of rotatable bonds is 3. The van der Waals surface area contributed by atoms with Gasteiger partial charge in [-0.05, 0) is 24.6 Å². The highest BCUT2D eigenvalue weighted by atomic mass is 79.9. The van der Waals surface area contributed by atoms with Gasteiger partial charge in [0.2, 0.25) is 0 Å². The zero-order chi connectivity index (χ0) is 14.2. The summed E-state index contributed by atoms with van der Waals surface area (Å²) >= 11 is 5.21. The number of nitrogens with two attached hydrogens (primary N) is 1. The summed E-state index contributed by atoms with van der Waals surface area (Å²) in [4.78, 5) is 4.78. The molecule has 0 aliphatic carbocycles. The van der Waals surface area contributed by atoms with Crippen LogP contribution >= 0.6 is 27.7 Å². The van der Waals surface area contributed by atoms with E-state index in [-0.39, 0.29) is 11.6 Å². The molecule has 20 heavy (non-hydrogen) atoms. The number of hydrogen-bond acceptors (Lipinski definition) is 4. The van der Waals surface area contributed by atoms with Crippen LogP contribution in [0.3, 0.4) is 0 Å². The van der Waals surface area contributed by atoms with Crippen molar-refractivity contribution in [1.82, 2.24) is 0 Å². The highest BCUT2D eigenvalue weighted by Crippen LogP contribution is 2.48. The number of aliphatic imine (C=N–C) groups is 1. The number of halogens is 1. The summed E-state index contributed by atoms with van der Waals surface area (Å²) in [5.74, 6) is 1.90. The molecule has 2 heterocycles. The molecule has 1 spiro atoms. The van der Waals surface area contributed by atoms with Gasteiger partial charge in [-0.3, -0.25) is 4.99 Å². The average molecular weight is 355 g/mol. The third kappa shape index (κ3) is 2.58. The van der Waals surface area contributed by atoms with Crippen LogP contribution in [0.15, 0.2) is 27.7 Å². The Balaban J connectivity index is 1.98. The van der Waals surface area contributed by atoms with E-state index in [2.05, 4.69) is 28.9 Å². The first-order chi connectivity index (χ1) is 9.63. The first-order valence-electron chi connectivity index (χ1n) is 7.08. The van der Waals surface area contributed by atoms with Crippen LogP contribution in [-0.4, -0.2) is 17.0 Å². The molecule has 0 fully saturated rings. The average Bonchev–Trinajstić information content (AvgIpc) is 2.79. The minimum absolute atomic E-state index is 0.190. The number of nitrogens with zero attached hydrogens (tertiary/aromatic N) is 1. The van der Waals surface area contributed by atoms with E-state index in [9.17, 15) is 0 Å². The van der Waals surface area contributed by atoms with Crippen LogP contribution in [0.2, 0.25) is 0 Å². The van der Waals surface area contributed by atoms with Gasteiger partial charge in [0, 0.05) is 22.2 Å². The van der Waals surface area contributed by atoms with Gasteiger partial charge in [0.05, 0.1) is 0 Å². The maximum absolute atomic E-state index is 6.17. The molecule has 5 heteroatoms. The van der Waals surface area contributed by atoms with E-state index in [0.29, 0.717) is 5.17 Å². The fraction of sp³-hybridized carbons (Fsp3) is 0.533. The highest BCUT2D eigenvalue weighted by Gasteiger charge is 2.44. The molecule has 2 N–H and O–H groups in total. The number of ether oxygens (including phenoxy) is 1. The Morgan fingerprint density at radius 3 is 3.10 bits per heavy atom. The maximum Gasteiger partial charge on any atom is 0.154 e. The van der Waals surface area contributed by atoms with Gasteiger partial charge in [-0.25, -0.2) is 0 Å². The van der Waals surface area contributed by atoms with Gasteiger partial charge < -0.3 is 10.5 Å². The molecule has 3 rings (SSSR count). The van der Waals surface area contributed by atoms with Crippen LogP contribution < -0.4 is 10.5 Å². The first-order valence-corrected chi connectivity index (χ1v) is 8.85. The molecule has 0 bridgehead atoms. The lowest BCUT2D eigenvalue weighted by Crippen LogP contribution is -2.37. The lowest BCUT2D eigenvalue weighted by molar-refractivity contribution is 0.123. The van der Waals surface area contributed by atoms with Crippen LogP contribution in [0.4, 0.5) is 0 Å². The molecule has 1 aromatic rings. The quantitative estimate of drug-likeness (QED) is 0.890. The van der Waals surface area contributed by atoms with Gasteiger partial charge in [-0.1, -0.05) is 47.5 Å². The molecule has 0 saturated heterocycles. The summed E-state index contributed by atoms with van der Waals surface area (Å²) in [6.45, 7) is 2.21. The summed E-state index contributed by atoms with van der Waals surface area (Å²) < 4.78 is 7.24. The van der Waals surface area contributed by atoms with Crippen molar-refractivity contribution < 1.29 is 4.74 Å². The minimum Gasteiger partial charge on any atom is -0.490 e. The maximum atomic E-state index is 6.17. The number of thioether (sulfide) groups is 1. The smallest absolute Gasteiger partial charge is 0.154 e. The largest absolute Gasteiger partial charge is 0.490 e. The van der Waals surface area contributed by atoms with Crippen LogP contribution in [-0.2, 0) is 5.54 Å². The van der Waals surface area contributed by atoms with Gasteiger partial charge >= 0.3 is 0 Å². The first kappa shape index (κ1) is 14.3. The standard InChI is InChI=1S/C15H19BrN2OS/c1-2-3-4-11-8-15(9-20-14(17)18-15)12-7-10(16)5-6-13(12)19-11/h5-7,11H,2-4,8-9H2,1H3,(H2,17,18)/t11-,15?/m0/s1. The fourth-order valence-corrected chi connectivity index (χ4v) is 4.31. The Bertz CT molecular complexity index is 549. The Kier molecular flexibility index (Phi) is 4.00. The van der Waals surface area contributed by atoms with Gasteiger partial charge in [0.25, 0.3) is 0 Å². The second-order valence-corrected chi connectivity index (χ2v) is 7.41. The summed E-state index contributed by atoms with van der Waals surface area (Å²) in [6.07, 6.45) is 4.66. The molecule has 0 saturated carbocycles. The third-order valence-electron chi connectivity index (χ3n) is 3.96. The summed E-state index contributed by atoms with van der Waals surface area (Å²) in [7, 11) is 0. The van der Waals surface area contributed by atoms with Crippen molar-refractivity contribution in [1.29, 1.82) is 0 Å². The zero-order valence-corrected chi connectivity index (χ0v) is 14.0. The third-order valence-corrected chi connectivity index (χ3v) is 5.47. The Hall–Kier alpha value is -0.680. The number of benzene rings is 1. The molecular weight excluding hydrogens is 336 g/mol. The lowest BCUT2D eigenvalue weighted by atomic mass is 9.83. The molecule has 108 valence electrons. The molecule has 2 atom stereocenters. The van der Waals surface area contributed by atoms with Crippen LogP contribution in [0.5, 0.6) is 5.75 Å². The Labute approximate surface area is 132 Å². The van der Waals surface area contributed by atoms with Gasteiger partial charge in [-0.2, -0.15) is 0 Å². The van der Waals surface area contributed by atoms with E-state index in [0.717, 1.165) is 28.8 Å². The molecule has 3 nitrogen and oxygen atoms in total. The van der Waals surface area contributed by atoms with E-state index in [1.165, 1.54) is 18.4 Å². The molecular formula is C15H19BrN2OS. The van der Waals surface area contributed by atoms with Crippen molar-refractivity contribution in [3.63, 3.8) is 0 Å².